The zero-order valence-electron chi connectivity index (χ0n) is 9.00. The average Bonchev–Trinajstić information content (AvgIpc) is 2.79. The second-order valence-corrected chi connectivity index (χ2v) is 3.87. The van der Waals surface area contributed by atoms with E-state index in [2.05, 4.69) is 0 Å². The number of hydroxylamine groups is 2. The molecule has 86 valence electrons. The highest BCUT2D eigenvalue weighted by atomic mass is 16.7. The summed E-state index contributed by atoms with van der Waals surface area (Å²) in [6.07, 6.45) is 1.25. The van der Waals surface area contributed by atoms with E-state index in [-0.39, 0.29) is 0 Å². The van der Waals surface area contributed by atoms with Crippen LogP contribution < -0.4 is 0 Å². The molecule has 0 saturated carbocycles. The molecule has 1 aromatic rings. The molecular formula is C12H15NO3. The Labute approximate surface area is 94.4 Å². The third kappa shape index (κ3) is 2.59. The van der Waals surface area contributed by atoms with Crippen molar-refractivity contribution in [1.82, 2.24) is 5.06 Å². The monoisotopic (exact) mass is 221 g/mol. The van der Waals surface area contributed by atoms with E-state index in [0.717, 1.165) is 25.9 Å². The van der Waals surface area contributed by atoms with Crippen LogP contribution in [0, 0.1) is 0 Å². The van der Waals surface area contributed by atoms with Crippen LogP contribution in [0.5, 0.6) is 0 Å². The lowest BCUT2D eigenvalue weighted by atomic mass is 10.1. The van der Waals surface area contributed by atoms with E-state index in [1.807, 2.05) is 18.2 Å². The quantitative estimate of drug-likeness (QED) is 0.842. The standard InChI is InChI=1S/C12H15NO3/c14-12(15)11(10-6-2-1-3-7-10)16-13-8-4-5-9-13/h1-3,6-7,11H,4-5,8-9H2,(H,14,15). The topological polar surface area (TPSA) is 49.8 Å². The lowest BCUT2D eigenvalue weighted by molar-refractivity contribution is -0.204. The molecule has 1 atom stereocenters. The van der Waals surface area contributed by atoms with Crippen molar-refractivity contribution in [2.45, 2.75) is 18.9 Å². The van der Waals surface area contributed by atoms with Crippen LogP contribution in [0.1, 0.15) is 24.5 Å². The van der Waals surface area contributed by atoms with Gasteiger partial charge in [-0.2, -0.15) is 5.06 Å². The molecule has 1 aliphatic heterocycles. The summed E-state index contributed by atoms with van der Waals surface area (Å²) in [6, 6.07) is 9.04. The molecule has 0 spiro atoms. The molecule has 1 saturated heterocycles. The largest absolute Gasteiger partial charge is 0.479 e. The minimum atomic E-state index is -0.946. The Morgan fingerprint density at radius 2 is 1.88 bits per heavy atom. The number of carboxylic acids is 1. The van der Waals surface area contributed by atoms with Gasteiger partial charge in [0, 0.05) is 13.1 Å². The minimum absolute atomic E-state index is 0.682. The van der Waals surface area contributed by atoms with Gasteiger partial charge < -0.3 is 5.11 Å². The van der Waals surface area contributed by atoms with Crippen molar-refractivity contribution in [3.05, 3.63) is 35.9 Å². The average molecular weight is 221 g/mol. The first kappa shape index (κ1) is 11.1. The van der Waals surface area contributed by atoms with Crippen LogP contribution in [-0.2, 0) is 9.63 Å². The highest BCUT2D eigenvalue weighted by molar-refractivity contribution is 5.74. The first-order valence-electron chi connectivity index (χ1n) is 5.47. The SMILES string of the molecule is O=C(O)C(ON1CCCC1)c1ccccc1. The zero-order chi connectivity index (χ0) is 11.4. The normalized spacial score (nSPS) is 18.5. The van der Waals surface area contributed by atoms with Gasteiger partial charge in [-0.3, -0.25) is 4.84 Å². The summed E-state index contributed by atoms with van der Waals surface area (Å²) in [5.41, 5.74) is 0.682. The lowest BCUT2D eigenvalue weighted by Gasteiger charge is -2.20. The maximum absolute atomic E-state index is 11.1. The van der Waals surface area contributed by atoms with Gasteiger partial charge >= 0.3 is 5.97 Å². The van der Waals surface area contributed by atoms with Crippen molar-refractivity contribution in [2.75, 3.05) is 13.1 Å². The maximum Gasteiger partial charge on any atom is 0.339 e. The van der Waals surface area contributed by atoms with Crippen molar-refractivity contribution in [1.29, 1.82) is 0 Å². The number of hydrogen-bond donors (Lipinski definition) is 1. The number of aliphatic carboxylic acids is 1. The minimum Gasteiger partial charge on any atom is -0.479 e. The molecule has 4 heteroatoms. The Morgan fingerprint density at radius 1 is 1.25 bits per heavy atom. The molecule has 1 aliphatic rings. The third-order valence-corrected chi connectivity index (χ3v) is 2.65. The Kier molecular flexibility index (Phi) is 3.54. The highest BCUT2D eigenvalue weighted by Gasteiger charge is 2.25. The van der Waals surface area contributed by atoms with E-state index in [4.69, 9.17) is 9.94 Å². The van der Waals surface area contributed by atoms with Crippen molar-refractivity contribution in [3.8, 4) is 0 Å². The summed E-state index contributed by atoms with van der Waals surface area (Å²) in [5.74, 6) is -0.946. The van der Waals surface area contributed by atoms with Gasteiger partial charge in [0.05, 0.1) is 0 Å². The molecule has 4 nitrogen and oxygen atoms in total. The number of carbonyl (C=O) groups is 1. The van der Waals surface area contributed by atoms with Gasteiger partial charge in [0.25, 0.3) is 0 Å². The smallest absolute Gasteiger partial charge is 0.339 e. The highest BCUT2D eigenvalue weighted by Crippen LogP contribution is 2.21. The van der Waals surface area contributed by atoms with Crippen LogP contribution in [0.4, 0.5) is 0 Å². The number of hydrogen-bond acceptors (Lipinski definition) is 3. The van der Waals surface area contributed by atoms with Crippen molar-refractivity contribution in [3.63, 3.8) is 0 Å². The van der Waals surface area contributed by atoms with E-state index in [9.17, 15) is 4.79 Å². The van der Waals surface area contributed by atoms with Gasteiger partial charge in [0.15, 0.2) is 0 Å². The molecule has 1 heterocycles. The second-order valence-electron chi connectivity index (χ2n) is 3.87. The van der Waals surface area contributed by atoms with E-state index in [0.29, 0.717) is 5.56 Å². The summed E-state index contributed by atoms with van der Waals surface area (Å²) in [7, 11) is 0. The summed E-state index contributed by atoms with van der Waals surface area (Å²) >= 11 is 0. The molecule has 0 amide bonds. The summed E-state index contributed by atoms with van der Waals surface area (Å²) in [5, 5.41) is 10.9. The molecule has 1 fully saturated rings. The van der Waals surface area contributed by atoms with E-state index >= 15 is 0 Å². The van der Waals surface area contributed by atoms with Crippen LogP contribution in [0.2, 0.25) is 0 Å². The van der Waals surface area contributed by atoms with Crippen LogP contribution in [0.15, 0.2) is 30.3 Å². The molecule has 1 N–H and O–H groups in total. The Bertz CT molecular complexity index is 347. The van der Waals surface area contributed by atoms with Crippen molar-refractivity contribution >= 4 is 5.97 Å². The van der Waals surface area contributed by atoms with Gasteiger partial charge in [-0.25, -0.2) is 4.79 Å². The summed E-state index contributed by atoms with van der Waals surface area (Å²) < 4.78 is 0. The van der Waals surface area contributed by atoms with Crippen molar-refractivity contribution in [2.24, 2.45) is 0 Å². The predicted octanol–water partition coefficient (Wildman–Crippen LogP) is 1.84. The third-order valence-electron chi connectivity index (χ3n) is 2.65. The molecule has 1 unspecified atom stereocenters. The number of rotatable bonds is 4. The molecule has 0 bridgehead atoms. The Balaban J connectivity index is 2.08. The van der Waals surface area contributed by atoms with Crippen LogP contribution in [0.25, 0.3) is 0 Å². The second kappa shape index (κ2) is 5.09. The fourth-order valence-electron chi connectivity index (χ4n) is 1.82. The fourth-order valence-corrected chi connectivity index (χ4v) is 1.82. The van der Waals surface area contributed by atoms with Gasteiger partial charge in [-0.15, -0.1) is 0 Å². The van der Waals surface area contributed by atoms with E-state index in [1.165, 1.54) is 0 Å². The number of carboxylic acid groups (broad SMARTS) is 1. The Hall–Kier alpha value is -1.39. The molecule has 2 rings (SSSR count). The number of benzene rings is 1. The number of nitrogens with zero attached hydrogens (tertiary/aromatic N) is 1. The van der Waals surface area contributed by atoms with Crippen LogP contribution >= 0.6 is 0 Å². The zero-order valence-corrected chi connectivity index (χ0v) is 9.00. The molecule has 1 aromatic carbocycles. The van der Waals surface area contributed by atoms with Crippen LogP contribution in [-0.4, -0.2) is 29.2 Å². The van der Waals surface area contributed by atoms with Crippen molar-refractivity contribution < 1.29 is 14.7 Å². The predicted molar refractivity (Wildman–Crippen MR) is 58.7 cm³/mol. The summed E-state index contributed by atoms with van der Waals surface area (Å²) in [4.78, 5) is 16.6. The fraction of sp³-hybridized carbons (Fsp3) is 0.417. The molecule has 0 radical (unpaired) electrons. The van der Waals surface area contributed by atoms with E-state index < -0.39 is 12.1 Å². The first-order chi connectivity index (χ1) is 7.77. The maximum atomic E-state index is 11.1. The summed E-state index contributed by atoms with van der Waals surface area (Å²) in [6.45, 7) is 1.63. The molecule has 0 aliphatic carbocycles. The van der Waals surface area contributed by atoms with Crippen LogP contribution in [0.3, 0.4) is 0 Å². The van der Waals surface area contributed by atoms with Gasteiger partial charge in [-0.1, -0.05) is 30.3 Å². The molecule has 16 heavy (non-hydrogen) atoms. The van der Waals surface area contributed by atoms with E-state index in [1.54, 1.807) is 17.2 Å². The molecule has 0 aromatic heterocycles. The Morgan fingerprint density at radius 3 is 2.44 bits per heavy atom. The molecular weight excluding hydrogens is 206 g/mol. The van der Waals surface area contributed by atoms with Gasteiger partial charge in [0.2, 0.25) is 6.10 Å². The van der Waals surface area contributed by atoms with Gasteiger partial charge in [-0.05, 0) is 18.4 Å². The first-order valence-corrected chi connectivity index (χ1v) is 5.47. The lowest BCUT2D eigenvalue weighted by Crippen LogP contribution is -2.27. The van der Waals surface area contributed by atoms with Gasteiger partial charge in [0.1, 0.15) is 0 Å².